The minimum absolute atomic E-state index is 0.0260. The number of carbonyl (C=O) groups excluding carboxylic acids is 1. The molecule has 0 atom stereocenters. The van der Waals surface area contributed by atoms with Crippen LogP contribution < -0.4 is 11.2 Å². The Kier molecular flexibility index (Phi) is 4.69. The van der Waals surface area contributed by atoms with Gasteiger partial charge in [-0.3, -0.25) is 4.79 Å². The molecular weight excluding hydrogens is 343 g/mol. The summed E-state index contributed by atoms with van der Waals surface area (Å²) in [5.41, 5.74) is 9.20. The Hall–Kier alpha value is -3.63. The lowest BCUT2D eigenvalue weighted by atomic mass is 10.1. The van der Waals surface area contributed by atoms with Crippen molar-refractivity contribution in [2.45, 2.75) is 19.8 Å². The van der Waals surface area contributed by atoms with Crippen LogP contribution in [0.2, 0.25) is 0 Å². The summed E-state index contributed by atoms with van der Waals surface area (Å²) < 4.78 is 18.7. The summed E-state index contributed by atoms with van der Waals surface area (Å²) in [4.78, 5) is 12.4. The summed E-state index contributed by atoms with van der Waals surface area (Å²) in [7, 11) is 0. The number of nitrogen functional groups attached to an aromatic ring is 1. The highest BCUT2D eigenvalue weighted by atomic mass is 19.1. The van der Waals surface area contributed by atoms with Crippen molar-refractivity contribution in [2.75, 3.05) is 5.73 Å². The second-order valence-electron chi connectivity index (χ2n) is 5.61. The van der Waals surface area contributed by atoms with Crippen molar-refractivity contribution in [3.05, 3.63) is 47.0 Å². The van der Waals surface area contributed by atoms with Gasteiger partial charge in [-0.15, -0.1) is 5.10 Å². The molecule has 1 aromatic carbocycles. The van der Waals surface area contributed by atoms with Gasteiger partial charge in [0, 0.05) is 0 Å². The number of carbonyl (C=O) groups is 1. The lowest BCUT2D eigenvalue weighted by Gasteiger charge is -2.08. The monoisotopic (exact) mass is 358 g/mol. The molecule has 11 heteroatoms. The van der Waals surface area contributed by atoms with Gasteiger partial charge in [0.05, 0.1) is 11.9 Å². The average Bonchev–Trinajstić information content (AvgIpc) is 3.22. The van der Waals surface area contributed by atoms with Crippen LogP contribution in [0.25, 0.3) is 5.82 Å². The maximum atomic E-state index is 12.9. The van der Waals surface area contributed by atoms with Gasteiger partial charge in [0.25, 0.3) is 5.91 Å². The summed E-state index contributed by atoms with van der Waals surface area (Å²) in [6.45, 7) is 3.72. The molecule has 0 radical (unpaired) electrons. The number of benzene rings is 1. The van der Waals surface area contributed by atoms with Crippen molar-refractivity contribution in [1.29, 1.82) is 0 Å². The third kappa shape index (κ3) is 3.41. The standard InChI is InChI=1S/C15H15FN8O2/c1-8(2)12-11(19-23-24(12)14-13(17)21-26-22-14)15(25)20-18-7-9-3-5-10(16)6-4-9/h3-8H,1-2H3,(H2,17,21)(H,20,25)/b18-7-. The van der Waals surface area contributed by atoms with Crippen LogP contribution in [0.1, 0.15) is 41.5 Å². The molecular formula is C15H15FN8O2. The SMILES string of the molecule is CC(C)c1c(C(=O)N/N=C\c2ccc(F)cc2)nnn1-c1nonc1N. The molecule has 0 bridgehead atoms. The fourth-order valence-electron chi connectivity index (χ4n) is 2.23. The minimum atomic E-state index is -0.562. The summed E-state index contributed by atoms with van der Waals surface area (Å²) in [5.74, 6) is -0.865. The van der Waals surface area contributed by atoms with Crippen LogP contribution in [0.15, 0.2) is 34.0 Å². The number of halogens is 1. The van der Waals surface area contributed by atoms with Crippen molar-refractivity contribution < 1.29 is 13.8 Å². The number of hydrazone groups is 1. The molecule has 0 unspecified atom stereocenters. The number of anilines is 1. The van der Waals surface area contributed by atoms with Crippen LogP contribution in [0.3, 0.4) is 0 Å². The van der Waals surface area contributed by atoms with E-state index < -0.39 is 5.91 Å². The van der Waals surface area contributed by atoms with Crippen LogP contribution in [-0.2, 0) is 0 Å². The predicted octanol–water partition coefficient (Wildman–Crippen LogP) is 1.26. The quantitative estimate of drug-likeness (QED) is 0.517. The Morgan fingerprint density at radius 3 is 2.69 bits per heavy atom. The predicted molar refractivity (Wildman–Crippen MR) is 89.2 cm³/mol. The zero-order valence-electron chi connectivity index (χ0n) is 13.9. The first-order valence-corrected chi connectivity index (χ1v) is 7.60. The zero-order chi connectivity index (χ0) is 18.7. The third-order valence-electron chi connectivity index (χ3n) is 3.41. The molecule has 2 aromatic heterocycles. The molecule has 26 heavy (non-hydrogen) atoms. The molecule has 0 aliphatic rings. The van der Waals surface area contributed by atoms with Crippen molar-refractivity contribution in [1.82, 2.24) is 30.7 Å². The molecule has 3 N–H and O–H groups in total. The van der Waals surface area contributed by atoms with Gasteiger partial charge in [0.15, 0.2) is 5.69 Å². The van der Waals surface area contributed by atoms with Crippen molar-refractivity contribution >= 4 is 17.9 Å². The van der Waals surface area contributed by atoms with Gasteiger partial charge in [0.1, 0.15) is 5.82 Å². The van der Waals surface area contributed by atoms with E-state index in [0.717, 1.165) is 0 Å². The lowest BCUT2D eigenvalue weighted by molar-refractivity contribution is 0.0948. The Morgan fingerprint density at radius 1 is 1.35 bits per heavy atom. The first kappa shape index (κ1) is 17.2. The van der Waals surface area contributed by atoms with Gasteiger partial charge in [0.2, 0.25) is 11.6 Å². The van der Waals surface area contributed by atoms with E-state index >= 15 is 0 Å². The van der Waals surface area contributed by atoms with Crippen molar-refractivity contribution in [2.24, 2.45) is 5.10 Å². The highest BCUT2D eigenvalue weighted by molar-refractivity contribution is 5.94. The van der Waals surface area contributed by atoms with E-state index in [4.69, 9.17) is 5.73 Å². The van der Waals surface area contributed by atoms with E-state index in [0.29, 0.717) is 11.3 Å². The molecule has 1 amide bonds. The molecule has 2 heterocycles. The maximum absolute atomic E-state index is 12.9. The van der Waals surface area contributed by atoms with E-state index in [9.17, 15) is 9.18 Å². The second kappa shape index (κ2) is 7.09. The number of amides is 1. The Bertz CT molecular complexity index is 945. The Labute approximate surface area is 146 Å². The van der Waals surface area contributed by atoms with Gasteiger partial charge in [-0.05, 0) is 33.9 Å². The number of nitrogens with two attached hydrogens (primary N) is 1. The molecule has 3 aromatic rings. The summed E-state index contributed by atoms with van der Waals surface area (Å²) in [5, 5.41) is 18.8. The molecule has 3 rings (SSSR count). The largest absolute Gasteiger partial charge is 0.378 e. The summed E-state index contributed by atoms with van der Waals surface area (Å²) >= 11 is 0. The normalized spacial score (nSPS) is 11.4. The number of hydrogen-bond acceptors (Lipinski definition) is 8. The summed E-state index contributed by atoms with van der Waals surface area (Å²) in [6, 6.07) is 5.65. The number of aromatic nitrogens is 5. The van der Waals surface area contributed by atoms with Crippen molar-refractivity contribution in [3.8, 4) is 5.82 Å². The Morgan fingerprint density at radius 2 is 2.08 bits per heavy atom. The van der Waals surface area contributed by atoms with Crippen LogP contribution in [0, 0.1) is 5.82 Å². The highest BCUT2D eigenvalue weighted by Gasteiger charge is 2.25. The molecule has 0 spiro atoms. The molecule has 0 saturated carbocycles. The number of hydrogen-bond donors (Lipinski definition) is 2. The molecule has 0 saturated heterocycles. The van der Waals surface area contributed by atoms with Gasteiger partial charge in [-0.1, -0.05) is 31.2 Å². The van der Waals surface area contributed by atoms with Gasteiger partial charge < -0.3 is 5.73 Å². The first-order valence-electron chi connectivity index (χ1n) is 7.60. The van der Waals surface area contributed by atoms with Crippen LogP contribution in [0.4, 0.5) is 10.2 Å². The van der Waals surface area contributed by atoms with E-state index in [1.54, 1.807) is 0 Å². The average molecular weight is 358 g/mol. The first-order chi connectivity index (χ1) is 12.5. The topological polar surface area (TPSA) is 137 Å². The van der Waals surface area contributed by atoms with Crippen molar-refractivity contribution in [3.63, 3.8) is 0 Å². The van der Waals surface area contributed by atoms with E-state index in [-0.39, 0.29) is 29.1 Å². The fourth-order valence-corrected chi connectivity index (χ4v) is 2.23. The molecule has 0 aliphatic carbocycles. The molecule has 10 nitrogen and oxygen atoms in total. The van der Waals surface area contributed by atoms with Crippen LogP contribution >= 0.6 is 0 Å². The summed E-state index contributed by atoms with van der Waals surface area (Å²) in [6.07, 6.45) is 1.39. The van der Waals surface area contributed by atoms with E-state index in [1.807, 2.05) is 13.8 Å². The maximum Gasteiger partial charge on any atom is 0.293 e. The van der Waals surface area contributed by atoms with E-state index in [1.165, 1.54) is 35.2 Å². The fraction of sp³-hybridized carbons (Fsp3) is 0.200. The van der Waals surface area contributed by atoms with Gasteiger partial charge >= 0.3 is 0 Å². The smallest absolute Gasteiger partial charge is 0.293 e. The molecule has 0 fully saturated rings. The lowest BCUT2D eigenvalue weighted by Crippen LogP contribution is -2.21. The third-order valence-corrected chi connectivity index (χ3v) is 3.41. The number of rotatable bonds is 5. The molecule has 0 aliphatic heterocycles. The number of nitrogens with zero attached hydrogens (tertiary/aromatic N) is 6. The highest BCUT2D eigenvalue weighted by Crippen LogP contribution is 2.22. The van der Waals surface area contributed by atoms with Crippen LogP contribution in [0.5, 0.6) is 0 Å². The second-order valence-corrected chi connectivity index (χ2v) is 5.61. The van der Waals surface area contributed by atoms with Gasteiger partial charge in [-0.25, -0.2) is 14.4 Å². The van der Waals surface area contributed by atoms with E-state index in [2.05, 4.69) is 35.8 Å². The number of nitrogens with one attached hydrogen (secondary N) is 1. The molecule has 134 valence electrons. The minimum Gasteiger partial charge on any atom is -0.378 e. The van der Waals surface area contributed by atoms with Crippen LogP contribution in [-0.4, -0.2) is 37.4 Å². The Balaban J connectivity index is 1.82. The van der Waals surface area contributed by atoms with Gasteiger partial charge in [-0.2, -0.15) is 9.78 Å². The zero-order valence-corrected chi connectivity index (χ0v) is 13.9.